The second kappa shape index (κ2) is 10.1. The molecule has 0 aromatic heterocycles. The Morgan fingerprint density at radius 3 is 1.78 bits per heavy atom. The van der Waals surface area contributed by atoms with Crippen molar-refractivity contribution in [3.8, 4) is 5.75 Å². The fraction of sp³-hybridized carbons (Fsp3) is 0.100. The molecule has 0 heterocycles. The lowest BCUT2D eigenvalue weighted by atomic mass is 10.2. The first kappa shape index (κ1) is 25.3. The van der Waals surface area contributed by atoms with Crippen LogP contribution in [0.3, 0.4) is 0 Å². The van der Waals surface area contributed by atoms with Crippen molar-refractivity contribution in [2.24, 2.45) is 0 Å². The van der Waals surface area contributed by atoms with Crippen molar-refractivity contribution in [2.75, 3.05) is 7.11 Å². The molecule has 0 saturated carbocycles. The molecule has 0 bridgehead atoms. The Morgan fingerprint density at radius 2 is 1.25 bits per heavy atom. The van der Waals surface area contributed by atoms with Crippen LogP contribution in [0.15, 0.2) is 88.7 Å². The maximum absolute atomic E-state index is 12.7. The molecule has 0 radical (unpaired) electrons. The summed E-state index contributed by atoms with van der Waals surface area (Å²) in [4.78, 5) is -0.956. The largest absolute Gasteiger partial charge is 0.417 e. The zero-order chi connectivity index (χ0) is 24.0. The van der Waals surface area contributed by atoms with E-state index in [1.54, 1.807) is 18.2 Å². The molecule has 0 aliphatic heterocycles. The Hall–Kier alpha value is -2.96. The normalized spacial score (nSPS) is 11.9. The quantitative estimate of drug-likeness (QED) is 0.381. The number of hydrogen-bond donors (Lipinski definition) is 0. The lowest BCUT2D eigenvalue weighted by molar-refractivity contribution is -0.140. The van der Waals surface area contributed by atoms with Crippen LogP contribution in [-0.4, -0.2) is 23.9 Å². The van der Waals surface area contributed by atoms with Gasteiger partial charge in [-0.05, 0) is 48.5 Å². The Bertz CT molecular complexity index is 1240. The predicted octanol–water partition coefficient (Wildman–Crippen LogP) is 4.63. The zero-order valence-corrected chi connectivity index (χ0v) is 17.9. The lowest BCUT2D eigenvalue weighted by Gasteiger charge is -2.11. The van der Waals surface area contributed by atoms with E-state index in [-0.39, 0.29) is 10.6 Å². The van der Waals surface area contributed by atoms with Crippen LogP contribution >= 0.6 is 0 Å². The summed E-state index contributed by atoms with van der Waals surface area (Å²) in [6.07, 6.45) is -4.72. The van der Waals surface area contributed by atoms with Crippen LogP contribution in [0, 0.1) is 5.82 Å². The maximum atomic E-state index is 12.7. The van der Waals surface area contributed by atoms with Crippen molar-refractivity contribution in [2.45, 2.75) is 16.0 Å². The average molecular weight is 492 g/mol. The molecule has 3 aromatic carbocycles. The summed E-state index contributed by atoms with van der Waals surface area (Å²) >= 11 is 0. The maximum Gasteiger partial charge on any atom is 0.417 e. The molecule has 0 aliphatic rings. The van der Waals surface area contributed by atoms with Gasteiger partial charge in [0.1, 0.15) is 21.4 Å². The van der Waals surface area contributed by atoms with E-state index in [2.05, 4.69) is 4.18 Å². The van der Waals surface area contributed by atoms with Gasteiger partial charge in [-0.1, -0.05) is 30.3 Å². The van der Waals surface area contributed by atoms with Crippen molar-refractivity contribution in [1.29, 1.82) is 0 Å². The van der Waals surface area contributed by atoms with Gasteiger partial charge < -0.3 is 4.18 Å². The summed E-state index contributed by atoms with van der Waals surface area (Å²) in [5.74, 6) is -0.277. The molecule has 0 atom stereocenters. The molecular formula is C20H16F4O6S2. The van der Waals surface area contributed by atoms with Crippen molar-refractivity contribution in [3.05, 3.63) is 90.2 Å². The summed E-state index contributed by atoms with van der Waals surface area (Å²) in [7, 11) is -7.42. The van der Waals surface area contributed by atoms with Crippen molar-refractivity contribution in [1.82, 2.24) is 0 Å². The minimum absolute atomic E-state index is 0.0808. The average Bonchev–Trinajstić information content (AvgIpc) is 2.74. The number of halogens is 4. The molecule has 6 nitrogen and oxygen atoms in total. The van der Waals surface area contributed by atoms with E-state index in [1.807, 2.05) is 0 Å². The van der Waals surface area contributed by atoms with Gasteiger partial charge in [0.2, 0.25) is 0 Å². The van der Waals surface area contributed by atoms with Crippen LogP contribution < -0.4 is 4.18 Å². The third kappa shape index (κ3) is 6.77. The molecule has 0 spiro atoms. The van der Waals surface area contributed by atoms with E-state index >= 15 is 0 Å². The van der Waals surface area contributed by atoms with Crippen molar-refractivity contribution in [3.63, 3.8) is 0 Å². The predicted molar refractivity (Wildman–Crippen MR) is 106 cm³/mol. The molecule has 0 unspecified atom stereocenters. The standard InChI is InChI=1S/C12H9FO3S.C8H7F3O3S/c13-10-6-8-12(9-7-10)17(14,15)16-11-4-2-1-3-5-11;1-14-15(12,13)7-5-3-2-4-6(7)8(9,10)11/h1-9H;2-5H,1H3. The molecule has 3 aromatic rings. The first-order chi connectivity index (χ1) is 14.9. The van der Waals surface area contributed by atoms with Gasteiger partial charge in [-0.15, -0.1) is 0 Å². The number of alkyl halides is 3. The van der Waals surface area contributed by atoms with Gasteiger partial charge in [0.05, 0.1) is 12.7 Å². The van der Waals surface area contributed by atoms with Gasteiger partial charge in [0.15, 0.2) is 0 Å². The molecule has 0 aliphatic carbocycles. The SMILES string of the molecule is COS(=O)(=O)c1ccccc1C(F)(F)F.O=S(=O)(Oc1ccccc1)c1ccc(F)cc1. The second-order valence-corrected chi connectivity index (χ2v) is 9.15. The first-order valence-electron chi connectivity index (χ1n) is 8.59. The summed E-state index contributed by atoms with van der Waals surface area (Å²) in [5, 5.41) is 0. The Labute approximate surface area is 182 Å². The third-order valence-corrected chi connectivity index (χ3v) is 6.33. The Kier molecular flexibility index (Phi) is 7.99. The highest BCUT2D eigenvalue weighted by Crippen LogP contribution is 2.34. The highest BCUT2D eigenvalue weighted by Gasteiger charge is 2.36. The Morgan fingerprint density at radius 1 is 0.719 bits per heavy atom. The smallest absolute Gasteiger partial charge is 0.379 e. The summed E-state index contributed by atoms with van der Waals surface area (Å²) < 4.78 is 105. The van der Waals surface area contributed by atoms with E-state index < -0.39 is 42.7 Å². The van der Waals surface area contributed by atoms with Gasteiger partial charge in [-0.2, -0.15) is 30.0 Å². The fourth-order valence-electron chi connectivity index (χ4n) is 2.26. The summed E-state index contributed by atoms with van der Waals surface area (Å²) in [5.41, 5.74) is -1.23. The van der Waals surface area contributed by atoms with E-state index in [9.17, 15) is 34.4 Å². The number of benzene rings is 3. The fourth-order valence-corrected chi connectivity index (χ4v) is 4.07. The number of hydrogen-bond acceptors (Lipinski definition) is 6. The monoisotopic (exact) mass is 492 g/mol. The number of para-hydroxylation sites is 1. The van der Waals surface area contributed by atoms with Crippen LogP contribution in [-0.2, 0) is 30.6 Å². The minimum Gasteiger partial charge on any atom is -0.379 e. The summed E-state index contributed by atoms with van der Waals surface area (Å²) in [6, 6.07) is 16.4. The van der Waals surface area contributed by atoms with Crippen LogP contribution in [0.5, 0.6) is 5.75 Å². The van der Waals surface area contributed by atoms with E-state index in [0.29, 0.717) is 6.07 Å². The van der Waals surface area contributed by atoms with Gasteiger partial charge >= 0.3 is 16.3 Å². The van der Waals surface area contributed by atoms with Gasteiger partial charge in [-0.25, -0.2) is 4.39 Å². The van der Waals surface area contributed by atoms with Gasteiger partial charge in [0.25, 0.3) is 10.1 Å². The van der Waals surface area contributed by atoms with Gasteiger partial charge in [0, 0.05) is 0 Å². The van der Waals surface area contributed by atoms with Crippen molar-refractivity contribution >= 4 is 20.2 Å². The highest BCUT2D eigenvalue weighted by molar-refractivity contribution is 7.87. The lowest BCUT2D eigenvalue weighted by Crippen LogP contribution is -2.13. The molecule has 172 valence electrons. The second-order valence-electron chi connectivity index (χ2n) is 5.92. The van der Waals surface area contributed by atoms with E-state index in [0.717, 1.165) is 43.5 Å². The molecule has 0 fully saturated rings. The Balaban J connectivity index is 0.000000229. The van der Waals surface area contributed by atoms with Crippen molar-refractivity contribution < 1.29 is 42.8 Å². The van der Waals surface area contributed by atoms with E-state index in [1.165, 1.54) is 18.2 Å². The van der Waals surface area contributed by atoms with Crippen LogP contribution in [0.4, 0.5) is 17.6 Å². The highest BCUT2D eigenvalue weighted by atomic mass is 32.2. The molecule has 0 saturated heterocycles. The molecule has 0 N–H and O–H groups in total. The molecule has 3 rings (SSSR count). The zero-order valence-electron chi connectivity index (χ0n) is 16.3. The molecule has 0 amide bonds. The van der Waals surface area contributed by atoms with Crippen LogP contribution in [0.2, 0.25) is 0 Å². The third-order valence-electron chi connectivity index (χ3n) is 3.73. The molecular weight excluding hydrogens is 476 g/mol. The topological polar surface area (TPSA) is 86.7 Å². The van der Waals surface area contributed by atoms with Crippen LogP contribution in [0.1, 0.15) is 5.56 Å². The van der Waals surface area contributed by atoms with E-state index in [4.69, 9.17) is 4.18 Å². The first-order valence-corrected chi connectivity index (χ1v) is 11.4. The minimum atomic E-state index is -4.72. The van der Waals surface area contributed by atoms with Crippen LogP contribution in [0.25, 0.3) is 0 Å². The molecule has 32 heavy (non-hydrogen) atoms. The van der Waals surface area contributed by atoms with Gasteiger partial charge in [-0.3, -0.25) is 4.18 Å². The number of rotatable bonds is 5. The summed E-state index contributed by atoms with van der Waals surface area (Å²) in [6.45, 7) is 0. The molecule has 12 heteroatoms.